The van der Waals surface area contributed by atoms with Crippen LogP contribution < -0.4 is 11.2 Å². The molecule has 0 aromatic carbocycles. The number of aromatic amines is 1. The average molecular weight is 300 g/mol. The molecule has 6 heteroatoms. The number of rotatable bonds is 6. The standard InChI is InChI=1S/C14H24N2O3S/c1-8(2)11(19-6)13(20-9(3)4)16-7-10(5)12(17)15-14(16)18/h7-9,11,13H,1-6H3,(H,15,17,18)/t11-,13-/m0/s1. The third-order valence-corrected chi connectivity index (χ3v) is 4.36. The number of thioether (sulfide) groups is 1. The maximum Gasteiger partial charge on any atom is 0.329 e. The Kier molecular flexibility index (Phi) is 6.07. The lowest BCUT2D eigenvalue weighted by Crippen LogP contribution is -2.39. The van der Waals surface area contributed by atoms with E-state index in [1.165, 1.54) is 0 Å². The highest BCUT2D eigenvalue weighted by Crippen LogP contribution is 2.33. The van der Waals surface area contributed by atoms with Crippen LogP contribution in [0, 0.1) is 12.8 Å². The summed E-state index contributed by atoms with van der Waals surface area (Å²) in [5.41, 5.74) is -0.197. The van der Waals surface area contributed by atoms with E-state index < -0.39 is 0 Å². The van der Waals surface area contributed by atoms with E-state index >= 15 is 0 Å². The summed E-state index contributed by atoms with van der Waals surface area (Å²) in [5, 5.41) is 0.179. The molecule has 1 aromatic rings. The van der Waals surface area contributed by atoms with Crippen LogP contribution in [0.2, 0.25) is 0 Å². The summed E-state index contributed by atoms with van der Waals surface area (Å²) in [5.74, 6) is 0.260. The first-order valence-corrected chi connectivity index (χ1v) is 7.72. The maximum atomic E-state index is 12.1. The third kappa shape index (κ3) is 3.99. The Bertz CT molecular complexity index is 548. The number of hydrogen-bond donors (Lipinski definition) is 1. The molecule has 0 unspecified atom stereocenters. The topological polar surface area (TPSA) is 64.1 Å². The fourth-order valence-electron chi connectivity index (χ4n) is 2.07. The fraction of sp³-hybridized carbons (Fsp3) is 0.714. The number of aromatic nitrogens is 2. The van der Waals surface area contributed by atoms with Crippen LogP contribution in [0.3, 0.4) is 0 Å². The van der Waals surface area contributed by atoms with E-state index in [-0.39, 0.29) is 28.6 Å². The smallest absolute Gasteiger partial charge is 0.329 e. The van der Waals surface area contributed by atoms with Crippen molar-refractivity contribution >= 4 is 11.8 Å². The van der Waals surface area contributed by atoms with Crippen molar-refractivity contribution in [2.45, 2.75) is 51.3 Å². The lowest BCUT2D eigenvalue weighted by atomic mass is 10.1. The average Bonchev–Trinajstić information content (AvgIpc) is 2.32. The first-order chi connectivity index (χ1) is 9.27. The lowest BCUT2D eigenvalue weighted by Gasteiger charge is -2.31. The summed E-state index contributed by atoms with van der Waals surface area (Å²) in [7, 11) is 1.65. The Labute approximate surface area is 123 Å². The van der Waals surface area contributed by atoms with Gasteiger partial charge in [-0.1, -0.05) is 27.7 Å². The van der Waals surface area contributed by atoms with Crippen LogP contribution in [0.15, 0.2) is 15.8 Å². The van der Waals surface area contributed by atoms with Crippen molar-refractivity contribution in [2.75, 3.05) is 7.11 Å². The predicted octanol–water partition coefficient (Wildman–Crippen LogP) is 2.16. The van der Waals surface area contributed by atoms with Gasteiger partial charge < -0.3 is 4.74 Å². The van der Waals surface area contributed by atoms with Crippen molar-refractivity contribution in [3.8, 4) is 0 Å². The largest absolute Gasteiger partial charge is 0.378 e. The van der Waals surface area contributed by atoms with E-state index in [0.717, 1.165) is 0 Å². The van der Waals surface area contributed by atoms with Crippen molar-refractivity contribution in [1.29, 1.82) is 0 Å². The van der Waals surface area contributed by atoms with Crippen molar-refractivity contribution in [1.82, 2.24) is 9.55 Å². The summed E-state index contributed by atoms with van der Waals surface area (Å²) in [4.78, 5) is 26.0. The summed E-state index contributed by atoms with van der Waals surface area (Å²) in [6.07, 6.45) is 1.51. The Hall–Kier alpha value is -1.01. The second-order valence-electron chi connectivity index (χ2n) is 5.50. The molecular weight excluding hydrogens is 276 g/mol. The van der Waals surface area contributed by atoms with Gasteiger partial charge >= 0.3 is 5.69 Å². The number of nitrogens with zero attached hydrogens (tertiary/aromatic N) is 1. The highest BCUT2D eigenvalue weighted by atomic mass is 32.2. The number of aryl methyl sites for hydroxylation is 1. The van der Waals surface area contributed by atoms with Gasteiger partial charge in [0.1, 0.15) is 5.37 Å². The van der Waals surface area contributed by atoms with E-state index in [0.29, 0.717) is 10.8 Å². The first kappa shape index (κ1) is 17.0. The van der Waals surface area contributed by atoms with Gasteiger partial charge in [-0.25, -0.2) is 4.79 Å². The van der Waals surface area contributed by atoms with Gasteiger partial charge in [0.15, 0.2) is 0 Å². The van der Waals surface area contributed by atoms with Crippen molar-refractivity contribution in [3.05, 3.63) is 32.6 Å². The highest BCUT2D eigenvalue weighted by Gasteiger charge is 2.28. The van der Waals surface area contributed by atoms with Gasteiger partial charge in [0.2, 0.25) is 0 Å². The van der Waals surface area contributed by atoms with Crippen LogP contribution in [-0.4, -0.2) is 28.0 Å². The number of hydrogen-bond acceptors (Lipinski definition) is 4. The normalized spacial score (nSPS) is 14.8. The maximum absolute atomic E-state index is 12.1. The molecule has 0 aliphatic heterocycles. The van der Waals surface area contributed by atoms with Gasteiger partial charge in [-0.3, -0.25) is 14.3 Å². The van der Waals surface area contributed by atoms with E-state index in [1.807, 2.05) is 0 Å². The minimum atomic E-state index is -0.388. The molecule has 5 nitrogen and oxygen atoms in total. The van der Waals surface area contributed by atoms with Crippen LogP contribution in [0.5, 0.6) is 0 Å². The second-order valence-corrected chi connectivity index (χ2v) is 7.20. The molecule has 0 spiro atoms. The van der Waals surface area contributed by atoms with Crippen molar-refractivity contribution in [2.24, 2.45) is 5.92 Å². The van der Waals surface area contributed by atoms with Gasteiger partial charge in [-0.2, -0.15) is 0 Å². The molecule has 0 bridgehead atoms. The van der Waals surface area contributed by atoms with Crippen LogP contribution in [-0.2, 0) is 4.74 Å². The molecule has 0 saturated heterocycles. The molecular formula is C14H24N2O3S. The van der Waals surface area contributed by atoms with Crippen molar-refractivity contribution < 1.29 is 4.74 Å². The van der Waals surface area contributed by atoms with Gasteiger partial charge in [0, 0.05) is 24.1 Å². The number of ether oxygens (including phenoxy) is 1. The van der Waals surface area contributed by atoms with Gasteiger partial charge in [-0.15, -0.1) is 11.8 Å². The third-order valence-electron chi connectivity index (χ3n) is 3.04. The van der Waals surface area contributed by atoms with E-state index in [4.69, 9.17) is 4.74 Å². The molecule has 114 valence electrons. The van der Waals surface area contributed by atoms with E-state index in [1.54, 1.807) is 36.6 Å². The number of H-pyrrole nitrogens is 1. The van der Waals surface area contributed by atoms with Gasteiger partial charge in [-0.05, 0) is 12.8 Å². The molecule has 1 heterocycles. The highest BCUT2D eigenvalue weighted by molar-refractivity contribution is 7.99. The van der Waals surface area contributed by atoms with Gasteiger partial charge in [0.05, 0.1) is 6.10 Å². The molecule has 0 radical (unpaired) electrons. The minimum Gasteiger partial charge on any atom is -0.378 e. The lowest BCUT2D eigenvalue weighted by molar-refractivity contribution is 0.0467. The summed E-state index contributed by atoms with van der Waals surface area (Å²) < 4.78 is 7.16. The number of nitrogens with one attached hydrogen (secondary N) is 1. The summed E-state index contributed by atoms with van der Waals surface area (Å²) in [6, 6.07) is 0. The second kappa shape index (κ2) is 7.13. The van der Waals surface area contributed by atoms with Crippen LogP contribution in [0.25, 0.3) is 0 Å². The zero-order chi connectivity index (χ0) is 15.4. The Balaban J connectivity index is 3.33. The molecule has 20 heavy (non-hydrogen) atoms. The molecule has 1 N–H and O–H groups in total. The molecule has 0 saturated carbocycles. The van der Waals surface area contributed by atoms with Crippen LogP contribution in [0.4, 0.5) is 0 Å². The van der Waals surface area contributed by atoms with E-state index in [9.17, 15) is 9.59 Å². The van der Waals surface area contributed by atoms with Crippen LogP contribution >= 0.6 is 11.8 Å². The Morgan fingerprint density at radius 2 is 1.85 bits per heavy atom. The molecule has 0 fully saturated rings. The molecule has 2 atom stereocenters. The quantitative estimate of drug-likeness (QED) is 0.874. The monoisotopic (exact) mass is 300 g/mol. The fourth-order valence-corrected chi connectivity index (χ4v) is 3.50. The Morgan fingerprint density at radius 3 is 2.30 bits per heavy atom. The van der Waals surface area contributed by atoms with Crippen molar-refractivity contribution in [3.63, 3.8) is 0 Å². The zero-order valence-electron chi connectivity index (χ0n) is 13.0. The van der Waals surface area contributed by atoms with Crippen LogP contribution in [0.1, 0.15) is 38.6 Å². The molecule has 0 aliphatic rings. The summed E-state index contributed by atoms with van der Waals surface area (Å²) >= 11 is 1.66. The molecule has 0 amide bonds. The molecule has 0 aliphatic carbocycles. The first-order valence-electron chi connectivity index (χ1n) is 6.78. The predicted molar refractivity (Wildman–Crippen MR) is 83.5 cm³/mol. The van der Waals surface area contributed by atoms with Gasteiger partial charge in [0.25, 0.3) is 5.56 Å². The minimum absolute atomic E-state index is 0.106. The zero-order valence-corrected chi connectivity index (χ0v) is 13.8. The Morgan fingerprint density at radius 1 is 1.25 bits per heavy atom. The number of methoxy groups -OCH3 is 1. The van der Waals surface area contributed by atoms with E-state index in [2.05, 4.69) is 32.7 Å². The summed E-state index contributed by atoms with van der Waals surface area (Å²) in [6.45, 7) is 9.98. The molecule has 1 aromatic heterocycles. The SMILES string of the molecule is CO[C@@H](C(C)C)[C@H](SC(C)C)n1cc(C)c(=O)[nH]c1=O. The molecule has 1 rings (SSSR count).